The number of amides is 1. The van der Waals surface area contributed by atoms with Crippen LogP contribution in [0.1, 0.15) is 28.4 Å². The van der Waals surface area contributed by atoms with Crippen molar-refractivity contribution in [3.05, 3.63) is 47.0 Å². The Morgan fingerprint density at radius 3 is 3.10 bits per heavy atom. The molecule has 0 aromatic heterocycles. The van der Waals surface area contributed by atoms with Crippen LogP contribution in [0, 0.1) is 0 Å². The van der Waals surface area contributed by atoms with Crippen molar-refractivity contribution in [1.29, 1.82) is 0 Å². The van der Waals surface area contributed by atoms with Crippen LogP contribution in [0.2, 0.25) is 0 Å². The maximum atomic E-state index is 12.0. The molecule has 0 bridgehead atoms. The monoisotopic (exact) mass is 274 g/mol. The van der Waals surface area contributed by atoms with Gasteiger partial charge >= 0.3 is 0 Å². The second kappa shape index (κ2) is 7.22. The Labute approximate surface area is 120 Å². The number of ether oxygens (including phenoxy) is 1. The average Bonchev–Trinajstić information content (AvgIpc) is 2.46. The number of hydrogen-bond donors (Lipinski definition) is 2. The molecule has 4 heteroatoms. The third-order valence-corrected chi connectivity index (χ3v) is 3.24. The summed E-state index contributed by atoms with van der Waals surface area (Å²) in [4.78, 5) is 12.0. The molecule has 2 rings (SSSR count). The fourth-order valence-corrected chi connectivity index (χ4v) is 2.21. The molecule has 1 aliphatic heterocycles. The first kappa shape index (κ1) is 14.8. The van der Waals surface area contributed by atoms with Gasteiger partial charge in [0.15, 0.2) is 0 Å². The summed E-state index contributed by atoms with van der Waals surface area (Å²) in [5.41, 5.74) is 4.26. The van der Waals surface area contributed by atoms with Gasteiger partial charge < -0.3 is 15.4 Å². The lowest BCUT2D eigenvalue weighted by atomic mass is 9.98. The average molecular weight is 274 g/mol. The normalized spacial score (nSPS) is 13.7. The third-order valence-electron chi connectivity index (χ3n) is 3.24. The van der Waals surface area contributed by atoms with E-state index in [1.807, 2.05) is 19.1 Å². The highest BCUT2D eigenvalue weighted by atomic mass is 16.5. The Balaban J connectivity index is 1.82. The van der Waals surface area contributed by atoms with Crippen LogP contribution in [0.4, 0.5) is 0 Å². The van der Waals surface area contributed by atoms with Gasteiger partial charge in [0.25, 0.3) is 5.91 Å². The SMILES string of the molecule is C=C(C)COCCNC(=O)c1ccc2c(c1)CNCC2. The summed E-state index contributed by atoms with van der Waals surface area (Å²) in [6.07, 6.45) is 1.03. The van der Waals surface area contributed by atoms with Gasteiger partial charge in [-0.25, -0.2) is 0 Å². The summed E-state index contributed by atoms with van der Waals surface area (Å²) >= 11 is 0. The van der Waals surface area contributed by atoms with E-state index in [1.165, 1.54) is 11.1 Å². The van der Waals surface area contributed by atoms with Crippen LogP contribution in [0.15, 0.2) is 30.4 Å². The number of benzene rings is 1. The lowest BCUT2D eigenvalue weighted by Crippen LogP contribution is -2.28. The van der Waals surface area contributed by atoms with Gasteiger partial charge in [-0.15, -0.1) is 0 Å². The van der Waals surface area contributed by atoms with Gasteiger partial charge in [-0.05, 0) is 43.1 Å². The Morgan fingerprint density at radius 2 is 2.30 bits per heavy atom. The number of rotatable bonds is 6. The first-order valence-electron chi connectivity index (χ1n) is 6.99. The highest BCUT2D eigenvalue weighted by Crippen LogP contribution is 2.15. The molecule has 0 saturated heterocycles. The van der Waals surface area contributed by atoms with Gasteiger partial charge in [-0.1, -0.05) is 18.2 Å². The number of fused-ring (bicyclic) bond motifs is 1. The number of carbonyl (C=O) groups excluding carboxylic acids is 1. The fraction of sp³-hybridized carbons (Fsp3) is 0.438. The molecule has 1 amide bonds. The smallest absolute Gasteiger partial charge is 0.251 e. The van der Waals surface area contributed by atoms with Crippen molar-refractivity contribution >= 4 is 5.91 Å². The van der Waals surface area contributed by atoms with Crippen molar-refractivity contribution < 1.29 is 9.53 Å². The quantitative estimate of drug-likeness (QED) is 0.612. The van der Waals surface area contributed by atoms with Crippen molar-refractivity contribution in [2.24, 2.45) is 0 Å². The van der Waals surface area contributed by atoms with Crippen molar-refractivity contribution in [3.63, 3.8) is 0 Å². The highest BCUT2D eigenvalue weighted by Gasteiger charge is 2.12. The van der Waals surface area contributed by atoms with Gasteiger partial charge in [0, 0.05) is 18.7 Å². The summed E-state index contributed by atoms with van der Waals surface area (Å²) < 4.78 is 5.35. The standard InChI is InChI=1S/C16H22N2O2/c1-12(2)11-20-8-7-18-16(19)14-4-3-13-5-6-17-10-15(13)9-14/h3-4,9,17H,1,5-8,10-11H2,2H3,(H,18,19). The van der Waals surface area contributed by atoms with E-state index in [2.05, 4.69) is 23.3 Å². The summed E-state index contributed by atoms with van der Waals surface area (Å²) in [5.74, 6) is -0.0442. The van der Waals surface area contributed by atoms with E-state index in [1.54, 1.807) is 0 Å². The van der Waals surface area contributed by atoms with Gasteiger partial charge in [-0.2, -0.15) is 0 Å². The molecule has 0 spiro atoms. The third kappa shape index (κ3) is 4.18. The Bertz CT molecular complexity index is 497. The van der Waals surface area contributed by atoms with Gasteiger partial charge in [-0.3, -0.25) is 4.79 Å². The molecule has 1 heterocycles. The van der Waals surface area contributed by atoms with Crippen LogP contribution in [0.25, 0.3) is 0 Å². The maximum absolute atomic E-state index is 12.0. The van der Waals surface area contributed by atoms with E-state index in [0.29, 0.717) is 25.3 Å². The number of carbonyl (C=O) groups is 1. The minimum Gasteiger partial charge on any atom is -0.375 e. The topological polar surface area (TPSA) is 50.4 Å². The second-order valence-electron chi connectivity index (χ2n) is 5.18. The van der Waals surface area contributed by atoms with Gasteiger partial charge in [0.1, 0.15) is 0 Å². The maximum Gasteiger partial charge on any atom is 0.251 e. The van der Waals surface area contributed by atoms with Crippen molar-refractivity contribution in [1.82, 2.24) is 10.6 Å². The minimum atomic E-state index is -0.0442. The minimum absolute atomic E-state index is 0.0442. The fourth-order valence-electron chi connectivity index (χ4n) is 2.21. The Kier molecular flexibility index (Phi) is 5.32. The lowest BCUT2D eigenvalue weighted by molar-refractivity contribution is 0.0926. The van der Waals surface area contributed by atoms with Gasteiger partial charge in [0.2, 0.25) is 0 Å². The van der Waals surface area contributed by atoms with Crippen molar-refractivity contribution in [2.45, 2.75) is 19.9 Å². The summed E-state index contributed by atoms with van der Waals surface area (Å²) in [6, 6.07) is 5.93. The van der Waals surface area contributed by atoms with E-state index < -0.39 is 0 Å². The molecule has 108 valence electrons. The predicted octanol–water partition coefficient (Wildman–Crippen LogP) is 1.65. The molecule has 4 nitrogen and oxygen atoms in total. The molecule has 0 radical (unpaired) electrons. The largest absolute Gasteiger partial charge is 0.375 e. The predicted molar refractivity (Wildman–Crippen MR) is 79.8 cm³/mol. The molecular weight excluding hydrogens is 252 g/mol. The van der Waals surface area contributed by atoms with Crippen LogP contribution in [-0.4, -0.2) is 32.2 Å². The number of hydrogen-bond acceptors (Lipinski definition) is 3. The number of nitrogens with one attached hydrogen (secondary N) is 2. The first-order chi connectivity index (χ1) is 9.66. The summed E-state index contributed by atoms with van der Waals surface area (Å²) in [5, 5.41) is 6.18. The zero-order chi connectivity index (χ0) is 14.4. The zero-order valence-electron chi connectivity index (χ0n) is 12.0. The molecule has 0 saturated carbocycles. The summed E-state index contributed by atoms with van der Waals surface area (Å²) in [6.45, 7) is 9.09. The van der Waals surface area contributed by atoms with E-state index in [0.717, 1.165) is 25.1 Å². The van der Waals surface area contributed by atoms with Crippen LogP contribution < -0.4 is 10.6 Å². The lowest BCUT2D eigenvalue weighted by Gasteiger charge is -2.17. The second-order valence-corrected chi connectivity index (χ2v) is 5.18. The molecule has 0 atom stereocenters. The van der Waals surface area contributed by atoms with E-state index in [-0.39, 0.29) is 5.91 Å². The van der Waals surface area contributed by atoms with Crippen LogP contribution in [-0.2, 0) is 17.7 Å². The van der Waals surface area contributed by atoms with Crippen LogP contribution >= 0.6 is 0 Å². The molecule has 20 heavy (non-hydrogen) atoms. The van der Waals surface area contributed by atoms with Crippen LogP contribution in [0.5, 0.6) is 0 Å². The van der Waals surface area contributed by atoms with Crippen LogP contribution in [0.3, 0.4) is 0 Å². The molecule has 1 aromatic rings. The van der Waals surface area contributed by atoms with Gasteiger partial charge in [0.05, 0.1) is 13.2 Å². The zero-order valence-corrected chi connectivity index (χ0v) is 12.0. The molecule has 1 aliphatic rings. The molecule has 0 fully saturated rings. The highest BCUT2D eigenvalue weighted by molar-refractivity contribution is 5.94. The van der Waals surface area contributed by atoms with Crippen molar-refractivity contribution in [2.75, 3.05) is 26.3 Å². The molecule has 2 N–H and O–H groups in total. The van der Waals surface area contributed by atoms with E-state index in [4.69, 9.17) is 4.74 Å². The Morgan fingerprint density at radius 1 is 1.45 bits per heavy atom. The first-order valence-corrected chi connectivity index (χ1v) is 6.99. The van der Waals surface area contributed by atoms with E-state index >= 15 is 0 Å². The molecule has 0 unspecified atom stereocenters. The van der Waals surface area contributed by atoms with E-state index in [9.17, 15) is 4.79 Å². The Hall–Kier alpha value is -1.65. The molecule has 1 aromatic carbocycles. The molecular formula is C16H22N2O2. The van der Waals surface area contributed by atoms with Crippen molar-refractivity contribution in [3.8, 4) is 0 Å². The molecule has 0 aliphatic carbocycles. The summed E-state index contributed by atoms with van der Waals surface area (Å²) in [7, 11) is 0.